The van der Waals surface area contributed by atoms with Crippen molar-refractivity contribution in [2.45, 2.75) is 84.2 Å². The van der Waals surface area contributed by atoms with E-state index in [1.165, 1.54) is 24.0 Å². The number of hydrogen-bond donors (Lipinski definition) is 0. The highest BCUT2D eigenvalue weighted by Crippen LogP contribution is 2.25. The second-order valence-electron chi connectivity index (χ2n) is 10.6. The maximum atomic E-state index is 11.8. The minimum Gasteiger partial charge on any atom is -0.494 e. The van der Waals surface area contributed by atoms with Crippen LogP contribution in [0, 0.1) is 0 Å². The standard InChI is InChI=1S/C31H39ClN2O5S/c1-31(2,3)39-27(35)13-9-7-5-6-8-11-22-14-19-25(33-21-22)23-15-17-24(18-16-23)38-20-10-12-26-28(29(36)37-4)34-30(32)40-26/h14-19,21H,5-13,20H2,1-4H3. The van der Waals surface area contributed by atoms with Crippen molar-refractivity contribution in [3.63, 3.8) is 0 Å². The van der Waals surface area contributed by atoms with Gasteiger partial charge in [-0.3, -0.25) is 9.78 Å². The number of methoxy groups -OCH3 is 1. The number of carbonyl (C=O) groups excluding carboxylic acids is 2. The van der Waals surface area contributed by atoms with E-state index in [1.807, 2.05) is 51.2 Å². The molecule has 1 aromatic carbocycles. The SMILES string of the molecule is COC(=O)c1nc(Cl)sc1CCCOc1ccc(-c2ccc(CCCCCCCC(=O)OC(C)(C)C)cn2)cc1. The lowest BCUT2D eigenvalue weighted by molar-refractivity contribution is -0.154. The first-order valence-corrected chi connectivity index (χ1v) is 15.0. The molecular formula is C31H39ClN2O5S. The van der Waals surface area contributed by atoms with E-state index in [0.717, 1.165) is 66.8 Å². The highest BCUT2D eigenvalue weighted by Gasteiger charge is 2.18. The number of aromatic nitrogens is 2. The van der Waals surface area contributed by atoms with Gasteiger partial charge in [-0.2, -0.15) is 0 Å². The number of halogens is 1. The van der Waals surface area contributed by atoms with Gasteiger partial charge >= 0.3 is 11.9 Å². The third-order valence-electron chi connectivity index (χ3n) is 6.11. The first-order valence-electron chi connectivity index (χ1n) is 13.8. The van der Waals surface area contributed by atoms with Gasteiger partial charge in [0.2, 0.25) is 0 Å². The number of aryl methyl sites for hydroxylation is 2. The molecule has 0 saturated heterocycles. The van der Waals surface area contributed by atoms with Crippen LogP contribution in [0.5, 0.6) is 5.75 Å². The lowest BCUT2D eigenvalue weighted by Gasteiger charge is -2.19. The molecule has 0 aliphatic heterocycles. The van der Waals surface area contributed by atoms with Crippen molar-refractivity contribution in [2.24, 2.45) is 0 Å². The van der Waals surface area contributed by atoms with Crippen molar-refractivity contribution in [1.29, 1.82) is 0 Å². The second kappa shape index (κ2) is 15.7. The molecule has 2 aromatic heterocycles. The highest BCUT2D eigenvalue weighted by atomic mass is 35.5. The van der Waals surface area contributed by atoms with Gasteiger partial charge in [0, 0.05) is 23.1 Å². The summed E-state index contributed by atoms with van der Waals surface area (Å²) in [5.41, 5.74) is 3.07. The zero-order valence-electron chi connectivity index (χ0n) is 23.8. The van der Waals surface area contributed by atoms with Gasteiger partial charge in [-0.05, 0) is 88.8 Å². The highest BCUT2D eigenvalue weighted by molar-refractivity contribution is 7.16. The number of thiazole rings is 1. The molecule has 9 heteroatoms. The van der Waals surface area contributed by atoms with Gasteiger partial charge in [0.15, 0.2) is 10.2 Å². The van der Waals surface area contributed by atoms with E-state index < -0.39 is 11.6 Å². The van der Waals surface area contributed by atoms with Crippen LogP contribution in [-0.4, -0.2) is 41.2 Å². The van der Waals surface area contributed by atoms with E-state index in [-0.39, 0.29) is 11.7 Å². The molecule has 0 unspecified atom stereocenters. The summed E-state index contributed by atoms with van der Waals surface area (Å²) in [6, 6.07) is 12.1. The summed E-state index contributed by atoms with van der Waals surface area (Å²) in [7, 11) is 1.33. The molecule has 3 aromatic rings. The number of hydrogen-bond acceptors (Lipinski definition) is 8. The van der Waals surface area contributed by atoms with Crippen LogP contribution in [0.15, 0.2) is 42.6 Å². The average Bonchev–Trinajstić information content (AvgIpc) is 3.30. The summed E-state index contributed by atoms with van der Waals surface area (Å²) < 4.78 is 16.3. The summed E-state index contributed by atoms with van der Waals surface area (Å²) in [6.07, 6.45) is 10.1. The smallest absolute Gasteiger partial charge is 0.357 e. The second-order valence-corrected chi connectivity index (χ2v) is 12.3. The molecule has 0 radical (unpaired) electrons. The Morgan fingerprint density at radius 3 is 2.33 bits per heavy atom. The molecule has 0 N–H and O–H groups in total. The van der Waals surface area contributed by atoms with E-state index in [4.69, 9.17) is 25.8 Å². The molecule has 0 aliphatic rings. The summed E-state index contributed by atoms with van der Waals surface area (Å²) in [5, 5.41) is 0. The monoisotopic (exact) mass is 586 g/mol. The largest absolute Gasteiger partial charge is 0.494 e. The van der Waals surface area contributed by atoms with Crippen molar-refractivity contribution >= 4 is 34.9 Å². The lowest BCUT2D eigenvalue weighted by Crippen LogP contribution is -2.23. The van der Waals surface area contributed by atoms with Gasteiger partial charge in [-0.1, -0.05) is 36.9 Å². The fourth-order valence-corrected chi connectivity index (χ4v) is 5.33. The molecule has 2 heterocycles. The van der Waals surface area contributed by atoms with Gasteiger partial charge in [0.1, 0.15) is 11.4 Å². The molecule has 40 heavy (non-hydrogen) atoms. The number of nitrogens with zero attached hydrogens (tertiary/aromatic N) is 2. The van der Waals surface area contributed by atoms with Crippen LogP contribution in [-0.2, 0) is 27.1 Å². The minimum absolute atomic E-state index is 0.105. The van der Waals surface area contributed by atoms with Crippen molar-refractivity contribution < 1.29 is 23.8 Å². The molecule has 0 amide bonds. The first kappa shape index (κ1) is 31.6. The quantitative estimate of drug-likeness (QED) is 0.132. The molecular weight excluding hydrogens is 548 g/mol. The number of rotatable bonds is 15. The number of pyridine rings is 1. The third-order valence-corrected chi connectivity index (χ3v) is 7.33. The predicted molar refractivity (Wildman–Crippen MR) is 159 cm³/mol. The molecule has 0 saturated carbocycles. The van der Waals surface area contributed by atoms with Crippen LogP contribution >= 0.6 is 22.9 Å². The predicted octanol–water partition coefficient (Wildman–Crippen LogP) is 7.88. The Labute approximate surface area is 246 Å². The molecule has 0 aliphatic carbocycles. The number of benzene rings is 1. The summed E-state index contributed by atoms with van der Waals surface area (Å²) >= 11 is 7.26. The van der Waals surface area contributed by atoms with Crippen molar-refractivity contribution in [1.82, 2.24) is 9.97 Å². The number of esters is 2. The van der Waals surface area contributed by atoms with E-state index in [2.05, 4.69) is 22.1 Å². The van der Waals surface area contributed by atoms with Crippen LogP contribution in [0.1, 0.15) is 86.6 Å². The Morgan fingerprint density at radius 2 is 1.65 bits per heavy atom. The minimum atomic E-state index is -0.472. The Hall–Kier alpha value is -2.97. The molecule has 7 nitrogen and oxygen atoms in total. The van der Waals surface area contributed by atoms with Crippen LogP contribution in [0.2, 0.25) is 4.47 Å². The zero-order valence-corrected chi connectivity index (χ0v) is 25.4. The summed E-state index contributed by atoms with van der Waals surface area (Å²) in [4.78, 5) is 33.1. The van der Waals surface area contributed by atoms with E-state index in [0.29, 0.717) is 23.9 Å². The van der Waals surface area contributed by atoms with Gasteiger partial charge in [-0.15, -0.1) is 11.3 Å². The maximum Gasteiger partial charge on any atom is 0.357 e. The first-order chi connectivity index (χ1) is 19.1. The van der Waals surface area contributed by atoms with Crippen molar-refractivity contribution in [2.75, 3.05) is 13.7 Å². The Bertz CT molecular complexity index is 1220. The Morgan fingerprint density at radius 1 is 0.925 bits per heavy atom. The Balaban J connectivity index is 1.33. The molecule has 0 bridgehead atoms. The van der Waals surface area contributed by atoms with E-state index in [9.17, 15) is 9.59 Å². The summed E-state index contributed by atoms with van der Waals surface area (Å²) in [6.45, 7) is 6.20. The molecule has 0 fully saturated rings. The fraction of sp³-hybridized carbons (Fsp3) is 0.484. The van der Waals surface area contributed by atoms with E-state index in [1.54, 1.807) is 0 Å². The van der Waals surface area contributed by atoms with Gasteiger partial charge in [0.25, 0.3) is 0 Å². The zero-order chi connectivity index (χ0) is 29.0. The van der Waals surface area contributed by atoms with Crippen LogP contribution in [0.25, 0.3) is 11.3 Å². The molecule has 0 atom stereocenters. The average molecular weight is 587 g/mol. The van der Waals surface area contributed by atoms with Gasteiger partial charge in [-0.25, -0.2) is 9.78 Å². The summed E-state index contributed by atoms with van der Waals surface area (Å²) in [5.74, 6) is 0.202. The Kier molecular flexibility index (Phi) is 12.4. The van der Waals surface area contributed by atoms with Gasteiger partial charge in [0.05, 0.1) is 19.4 Å². The van der Waals surface area contributed by atoms with Crippen LogP contribution < -0.4 is 4.74 Å². The lowest BCUT2D eigenvalue weighted by atomic mass is 10.0. The van der Waals surface area contributed by atoms with Crippen LogP contribution in [0.4, 0.5) is 0 Å². The molecule has 3 rings (SSSR count). The number of carbonyl (C=O) groups is 2. The van der Waals surface area contributed by atoms with E-state index >= 15 is 0 Å². The maximum absolute atomic E-state index is 11.8. The normalized spacial score (nSPS) is 11.3. The van der Waals surface area contributed by atoms with Crippen LogP contribution in [0.3, 0.4) is 0 Å². The number of unbranched alkanes of at least 4 members (excludes halogenated alkanes) is 4. The van der Waals surface area contributed by atoms with Crippen molar-refractivity contribution in [3.8, 4) is 17.0 Å². The van der Waals surface area contributed by atoms with Crippen molar-refractivity contribution in [3.05, 3.63) is 63.2 Å². The third kappa shape index (κ3) is 10.9. The molecule has 0 spiro atoms. The number of ether oxygens (including phenoxy) is 3. The molecule has 216 valence electrons. The fourth-order valence-electron chi connectivity index (χ4n) is 4.16. The topological polar surface area (TPSA) is 87.6 Å². The van der Waals surface area contributed by atoms with Gasteiger partial charge < -0.3 is 14.2 Å².